The van der Waals surface area contributed by atoms with Crippen molar-refractivity contribution in [3.05, 3.63) is 23.3 Å². The quantitative estimate of drug-likeness (QED) is 0.693. The molecule has 2 nitrogen and oxygen atoms in total. The van der Waals surface area contributed by atoms with Crippen molar-refractivity contribution in [3.63, 3.8) is 0 Å². The van der Waals surface area contributed by atoms with Gasteiger partial charge in [-0.05, 0) is 5.92 Å². The fourth-order valence-electron chi connectivity index (χ4n) is 1.17. The summed E-state index contributed by atoms with van der Waals surface area (Å²) >= 11 is 0. The number of hydrogen-bond acceptors (Lipinski definition) is 1. The second-order valence-electron chi connectivity index (χ2n) is 2.67. The van der Waals surface area contributed by atoms with E-state index in [9.17, 15) is 13.6 Å². The van der Waals surface area contributed by atoms with E-state index in [0.29, 0.717) is 0 Å². The minimum atomic E-state index is -2.70. The minimum absolute atomic E-state index is 0.208. The predicted octanol–water partition coefficient (Wildman–Crippen LogP) is 1.84. The number of carbonyl (C=O) groups is 1. The number of aliphatic carboxylic acids is 1. The summed E-state index contributed by atoms with van der Waals surface area (Å²) in [6, 6.07) is 0. The Morgan fingerprint density at radius 3 is 2.50 bits per heavy atom. The largest absolute Gasteiger partial charge is 0.478 e. The van der Waals surface area contributed by atoms with E-state index in [0.717, 1.165) is 0 Å². The summed E-state index contributed by atoms with van der Waals surface area (Å²) in [6.07, 6.45) is -0.102. The average molecular weight is 174 g/mol. The van der Waals surface area contributed by atoms with Crippen LogP contribution in [-0.2, 0) is 4.79 Å². The Morgan fingerprint density at radius 2 is 2.17 bits per heavy atom. The highest BCUT2D eigenvalue weighted by Gasteiger charge is 2.26. The Balaban J connectivity index is 2.95. The highest BCUT2D eigenvalue weighted by Crippen LogP contribution is 2.28. The van der Waals surface area contributed by atoms with Gasteiger partial charge < -0.3 is 5.11 Å². The zero-order valence-electron chi connectivity index (χ0n) is 6.42. The molecule has 1 atom stereocenters. The van der Waals surface area contributed by atoms with Gasteiger partial charge in [0, 0.05) is 5.57 Å². The van der Waals surface area contributed by atoms with E-state index in [1.807, 2.05) is 0 Å². The van der Waals surface area contributed by atoms with E-state index in [2.05, 4.69) is 0 Å². The zero-order chi connectivity index (χ0) is 9.30. The summed E-state index contributed by atoms with van der Waals surface area (Å²) in [5, 5.41) is 8.51. The van der Waals surface area contributed by atoms with Crippen molar-refractivity contribution in [2.75, 3.05) is 0 Å². The van der Waals surface area contributed by atoms with Gasteiger partial charge in [-0.25, -0.2) is 13.6 Å². The first kappa shape index (κ1) is 8.90. The van der Waals surface area contributed by atoms with Crippen LogP contribution in [-0.4, -0.2) is 17.5 Å². The Kier molecular flexibility index (Phi) is 2.26. The second kappa shape index (κ2) is 3.05. The number of allylic oxidation sites excluding steroid dienone is 2. The molecule has 1 rings (SSSR count). The van der Waals surface area contributed by atoms with Crippen molar-refractivity contribution in [2.45, 2.75) is 13.3 Å². The molecule has 0 saturated heterocycles. The summed E-state index contributed by atoms with van der Waals surface area (Å²) < 4.78 is 24.3. The van der Waals surface area contributed by atoms with Crippen LogP contribution in [0.1, 0.15) is 6.92 Å². The molecule has 0 bridgehead atoms. The van der Waals surface area contributed by atoms with Crippen LogP contribution in [0, 0.1) is 5.92 Å². The number of rotatable bonds is 2. The van der Waals surface area contributed by atoms with Gasteiger partial charge in [-0.1, -0.05) is 19.1 Å². The van der Waals surface area contributed by atoms with E-state index < -0.39 is 12.4 Å². The molecule has 66 valence electrons. The first-order valence-electron chi connectivity index (χ1n) is 3.47. The Labute approximate surface area is 68.2 Å². The fraction of sp³-hybridized carbons (Fsp3) is 0.375. The Bertz CT molecular complexity index is 266. The van der Waals surface area contributed by atoms with Crippen molar-refractivity contribution in [2.24, 2.45) is 5.92 Å². The lowest BCUT2D eigenvalue weighted by Gasteiger charge is -2.00. The van der Waals surface area contributed by atoms with Gasteiger partial charge in [0.1, 0.15) is 0 Å². The van der Waals surface area contributed by atoms with Gasteiger partial charge in [0.15, 0.2) is 0 Å². The number of carboxylic acid groups (broad SMARTS) is 1. The van der Waals surface area contributed by atoms with Gasteiger partial charge in [0.2, 0.25) is 0 Å². The fourth-order valence-corrected chi connectivity index (χ4v) is 1.17. The third-order valence-electron chi connectivity index (χ3n) is 1.65. The molecule has 1 N–H and O–H groups in total. The molecule has 1 aliphatic carbocycles. The Morgan fingerprint density at radius 1 is 1.58 bits per heavy atom. The lowest BCUT2D eigenvalue weighted by atomic mass is 10.1. The van der Waals surface area contributed by atoms with Gasteiger partial charge >= 0.3 is 5.97 Å². The number of alkyl halides is 2. The highest BCUT2D eigenvalue weighted by molar-refractivity contribution is 5.93. The lowest BCUT2D eigenvalue weighted by molar-refractivity contribution is -0.132. The smallest absolute Gasteiger partial charge is 0.335 e. The molecule has 0 aromatic rings. The number of halogens is 2. The normalized spacial score (nSPS) is 22.5. The van der Waals surface area contributed by atoms with Gasteiger partial charge in [-0.2, -0.15) is 0 Å². The second-order valence-corrected chi connectivity index (χ2v) is 2.67. The molecule has 0 aliphatic heterocycles. The molecule has 0 aromatic carbocycles. The highest BCUT2D eigenvalue weighted by atomic mass is 19.3. The monoisotopic (exact) mass is 174 g/mol. The SMILES string of the molecule is CC1C=C(C(=O)O)C(C(F)F)=C1. The van der Waals surface area contributed by atoms with Crippen molar-refractivity contribution in [3.8, 4) is 0 Å². The van der Waals surface area contributed by atoms with E-state index >= 15 is 0 Å². The van der Waals surface area contributed by atoms with Crippen LogP contribution in [0.25, 0.3) is 0 Å². The molecule has 0 heterocycles. The van der Waals surface area contributed by atoms with Crippen molar-refractivity contribution < 1.29 is 18.7 Å². The summed E-state index contributed by atoms with van der Waals surface area (Å²) in [5.41, 5.74) is -0.632. The predicted molar refractivity (Wildman–Crippen MR) is 39.0 cm³/mol. The van der Waals surface area contributed by atoms with E-state index in [4.69, 9.17) is 5.11 Å². The van der Waals surface area contributed by atoms with Crippen molar-refractivity contribution in [1.29, 1.82) is 0 Å². The molecule has 0 amide bonds. The molecule has 0 saturated carbocycles. The third-order valence-corrected chi connectivity index (χ3v) is 1.65. The van der Waals surface area contributed by atoms with Crippen LogP contribution in [0.15, 0.2) is 23.3 Å². The molecule has 0 radical (unpaired) electrons. The standard InChI is InChI=1S/C8H8F2O2/c1-4-2-5(7(9)10)6(3-4)8(11)12/h2-4,7H,1H3,(H,11,12). The maximum absolute atomic E-state index is 12.2. The summed E-state index contributed by atoms with van der Waals surface area (Å²) in [6.45, 7) is 1.66. The van der Waals surface area contributed by atoms with E-state index in [1.165, 1.54) is 12.2 Å². The van der Waals surface area contributed by atoms with Crippen molar-refractivity contribution in [1.82, 2.24) is 0 Å². The van der Waals surface area contributed by atoms with Gasteiger partial charge in [0.05, 0.1) is 5.57 Å². The molecule has 1 unspecified atom stereocenters. The summed E-state index contributed by atoms with van der Waals surface area (Å²) in [5.74, 6) is -1.49. The van der Waals surface area contributed by atoms with Gasteiger partial charge in [-0.15, -0.1) is 0 Å². The first-order chi connectivity index (χ1) is 5.52. The van der Waals surface area contributed by atoms with Crippen LogP contribution in [0.3, 0.4) is 0 Å². The molecule has 0 aromatic heterocycles. The maximum atomic E-state index is 12.2. The van der Waals surface area contributed by atoms with Crippen LogP contribution in [0.4, 0.5) is 8.78 Å². The molecule has 1 aliphatic rings. The van der Waals surface area contributed by atoms with Gasteiger partial charge in [0.25, 0.3) is 6.43 Å². The first-order valence-corrected chi connectivity index (χ1v) is 3.47. The molecular weight excluding hydrogens is 166 g/mol. The Hall–Kier alpha value is -1.19. The lowest BCUT2D eigenvalue weighted by Crippen LogP contribution is -2.06. The van der Waals surface area contributed by atoms with Crippen molar-refractivity contribution >= 4 is 5.97 Å². The van der Waals surface area contributed by atoms with E-state index in [-0.39, 0.29) is 17.1 Å². The average Bonchev–Trinajstić information content (AvgIpc) is 2.31. The molecule has 0 fully saturated rings. The van der Waals surface area contributed by atoms with Crippen LogP contribution in [0.5, 0.6) is 0 Å². The third kappa shape index (κ3) is 1.52. The van der Waals surface area contributed by atoms with Gasteiger partial charge in [-0.3, -0.25) is 0 Å². The zero-order valence-corrected chi connectivity index (χ0v) is 6.42. The number of hydrogen-bond donors (Lipinski definition) is 1. The van der Waals surface area contributed by atoms with Crippen LogP contribution >= 0.6 is 0 Å². The van der Waals surface area contributed by atoms with Crippen LogP contribution in [0.2, 0.25) is 0 Å². The molecular formula is C8H8F2O2. The number of carboxylic acids is 1. The topological polar surface area (TPSA) is 37.3 Å². The van der Waals surface area contributed by atoms with Crippen LogP contribution < -0.4 is 0 Å². The molecule has 0 spiro atoms. The minimum Gasteiger partial charge on any atom is -0.478 e. The van der Waals surface area contributed by atoms with E-state index in [1.54, 1.807) is 6.92 Å². The molecule has 4 heteroatoms. The summed E-state index contributed by atoms with van der Waals surface area (Å²) in [7, 11) is 0. The summed E-state index contributed by atoms with van der Waals surface area (Å²) in [4.78, 5) is 10.4. The maximum Gasteiger partial charge on any atom is 0.335 e. The molecule has 12 heavy (non-hydrogen) atoms.